The molecule has 0 aliphatic rings. The first-order valence-electron chi connectivity index (χ1n) is 4.10. The van der Waals surface area contributed by atoms with Crippen molar-refractivity contribution in [3.05, 3.63) is 39.2 Å². The molecule has 15 heavy (non-hydrogen) atoms. The van der Waals surface area contributed by atoms with Gasteiger partial charge in [-0.1, -0.05) is 37.0 Å². The highest BCUT2D eigenvalue weighted by molar-refractivity contribution is 6.42. The van der Waals surface area contributed by atoms with Gasteiger partial charge in [0.1, 0.15) is 0 Å². The van der Waals surface area contributed by atoms with Gasteiger partial charge in [-0.15, -0.1) is 0 Å². The standard InChI is InChI=1S/C10H8Cl2F3/c1-5(2)6-3-7(10(13,14)15)9(12)8(11)4-6/h3-4H,1-2H3. The Labute approximate surface area is 96.0 Å². The smallest absolute Gasteiger partial charge is 0.166 e. The average molecular weight is 256 g/mol. The minimum Gasteiger partial charge on any atom is -0.166 e. The van der Waals surface area contributed by atoms with Crippen molar-refractivity contribution in [2.45, 2.75) is 20.0 Å². The molecule has 1 aromatic rings. The second-order valence-corrected chi connectivity index (χ2v) is 4.10. The zero-order valence-corrected chi connectivity index (χ0v) is 9.56. The molecule has 0 amide bonds. The van der Waals surface area contributed by atoms with Crippen molar-refractivity contribution >= 4 is 23.2 Å². The molecule has 5 heteroatoms. The maximum atomic E-state index is 12.5. The lowest BCUT2D eigenvalue weighted by Gasteiger charge is -2.13. The highest BCUT2D eigenvalue weighted by Crippen LogP contribution is 2.39. The van der Waals surface area contributed by atoms with E-state index in [0.717, 1.165) is 12.0 Å². The van der Waals surface area contributed by atoms with Gasteiger partial charge in [0.2, 0.25) is 0 Å². The molecule has 0 saturated heterocycles. The maximum absolute atomic E-state index is 12.5. The zero-order chi connectivity index (χ0) is 11.8. The summed E-state index contributed by atoms with van der Waals surface area (Å²) in [6, 6.07) is 2.43. The first-order chi connectivity index (χ1) is 6.73. The van der Waals surface area contributed by atoms with Gasteiger partial charge in [-0.2, -0.15) is 13.2 Å². The first kappa shape index (κ1) is 12.7. The van der Waals surface area contributed by atoms with Crippen LogP contribution in [0.5, 0.6) is 0 Å². The number of hydrogen-bond acceptors (Lipinski definition) is 0. The molecule has 0 spiro atoms. The Morgan fingerprint density at radius 3 is 2.07 bits per heavy atom. The summed E-state index contributed by atoms with van der Waals surface area (Å²) < 4.78 is 37.6. The van der Waals surface area contributed by atoms with E-state index in [1.54, 1.807) is 13.8 Å². The third kappa shape index (κ3) is 2.79. The van der Waals surface area contributed by atoms with Crippen LogP contribution in [-0.4, -0.2) is 0 Å². The molecule has 0 N–H and O–H groups in total. The van der Waals surface area contributed by atoms with E-state index in [2.05, 4.69) is 0 Å². The predicted molar refractivity (Wildman–Crippen MR) is 55.2 cm³/mol. The normalized spacial score (nSPS) is 12.3. The molecule has 0 fully saturated rings. The van der Waals surface area contributed by atoms with Crippen LogP contribution in [0.15, 0.2) is 12.1 Å². The third-order valence-electron chi connectivity index (χ3n) is 1.91. The predicted octanol–water partition coefficient (Wildman–Crippen LogP) is 4.97. The van der Waals surface area contributed by atoms with Crippen molar-refractivity contribution in [2.24, 2.45) is 0 Å². The van der Waals surface area contributed by atoms with Gasteiger partial charge in [0.05, 0.1) is 15.6 Å². The largest absolute Gasteiger partial charge is 0.417 e. The second kappa shape index (κ2) is 4.22. The average Bonchev–Trinajstić information content (AvgIpc) is 2.06. The lowest BCUT2D eigenvalue weighted by Crippen LogP contribution is -2.07. The highest BCUT2D eigenvalue weighted by atomic mass is 35.5. The van der Waals surface area contributed by atoms with E-state index in [-0.39, 0.29) is 5.02 Å². The Hall–Kier alpha value is -0.410. The molecule has 0 aliphatic heterocycles. The van der Waals surface area contributed by atoms with Gasteiger partial charge < -0.3 is 0 Å². The molecule has 0 unspecified atom stereocenters. The number of alkyl halides is 3. The molecule has 1 rings (SSSR count). The van der Waals surface area contributed by atoms with Crippen LogP contribution >= 0.6 is 23.2 Å². The molecule has 0 aliphatic carbocycles. The van der Waals surface area contributed by atoms with Gasteiger partial charge in [0.25, 0.3) is 0 Å². The topological polar surface area (TPSA) is 0 Å². The molecule has 0 nitrogen and oxygen atoms in total. The van der Waals surface area contributed by atoms with Crippen LogP contribution in [0.1, 0.15) is 25.0 Å². The summed E-state index contributed by atoms with van der Waals surface area (Å²) in [6.07, 6.45) is -4.48. The molecule has 0 saturated carbocycles. The van der Waals surface area contributed by atoms with Gasteiger partial charge in [-0.3, -0.25) is 0 Å². The summed E-state index contributed by atoms with van der Waals surface area (Å²) >= 11 is 11.1. The van der Waals surface area contributed by atoms with E-state index in [9.17, 15) is 13.2 Å². The number of rotatable bonds is 1. The Balaban J connectivity index is 3.38. The fourth-order valence-electron chi connectivity index (χ4n) is 1.08. The molecule has 1 radical (unpaired) electrons. The summed E-state index contributed by atoms with van der Waals surface area (Å²) in [6.45, 7) is 3.42. The van der Waals surface area contributed by atoms with E-state index < -0.39 is 16.8 Å². The van der Waals surface area contributed by atoms with Gasteiger partial charge in [-0.25, -0.2) is 0 Å². The maximum Gasteiger partial charge on any atom is 0.417 e. The lowest BCUT2D eigenvalue weighted by molar-refractivity contribution is -0.137. The lowest BCUT2D eigenvalue weighted by atomic mass is 10.0. The third-order valence-corrected chi connectivity index (χ3v) is 2.71. The minimum absolute atomic E-state index is 0.0808. The van der Waals surface area contributed by atoms with E-state index in [4.69, 9.17) is 23.2 Å². The van der Waals surface area contributed by atoms with Gasteiger partial charge in [-0.05, 0) is 23.6 Å². The SMILES string of the molecule is C[C](C)c1cc(Cl)c(Cl)c(C(F)(F)F)c1. The van der Waals surface area contributed by atoms with Crippen molar-refractivity contribution in [3.63, 3.8) is 0 Å². The fourth-order valence-corrected chi connectivity index (χ4v) is 1.52. The van der Waals surface area contributed by atoms with Crippen LogP contribution in [0, 0.1) is 5.92 Å². The van der Waals surface area contributed by atoms with Crippen LogP contribution in [0.25, 0.3) is 0 Å². The fraction of sp³-hybridized carbons (Fsp3) is 0.300. The van der Waals surface area contributed by atoms with Crippen LogP contribution in [0.4, 0.5) is 13.2 Å². The minimum atomic E-state index is -4.48. The molecule has 0 heterocycles. The Morgan fingerprint density at radius 2 is 1.67 bits per heavy atom. The van der Waals surface area contributed by atoms with Crippen LogP contribution in [0.2, 0.25) is 10.0 Å². The van der Waals surface area contributed by atoms with Crippen molar-refractivity contribution in [2.75, 3.05) is 0 Å². The molecule has 0 atom stereocenters. The van der Waals surface area contributed by atoms with Crippen molar-refractivity contribution in [1.82, 2.24) is 0 Å². The molecule has 0 aromatic heterocycles. The molecule has 83 valence electrons. The molecular formula is C10H8Cl2F3. The van der Waals surface area contributed by atoms with Crippen molar-refractivity contribution in [1.29, 1.82) is 0 Å². The van der Waals surface area contributed by atoms with E-state index >= 15 is 0 Å². The number of benzene rings is 1. The van der Waals surface area contributed by atoms with Crippen LogP contribution < -0.4 is 0 Å². The summed E-state index contributed by atoms with van der Waals surface area (Å²) in [7, 11) is 0. The first-order valence-corrected chi connectivity index (χ1v) is 4.86. The summed E-state index contributed by atoms with van der Waals surface area (Å²) in [4.78, 5) is 0. The van der Waals surface area contributed by atoms with E-state index in [0.29, 0.717) is 5.56 Å². The summed E-state index contributed by atoms with van der Waals surface area (Å²) in [5.41, 5.74) is -0.454. The summed E-state index contributed by atoms with van der Waals surface area (Å²) in [5, 5.41) is -0.531. The monoisotopic (exact) mass is 255 g/mol. The van der Waals surface area contributed by atoms with Crippen molar-refractivity contribution < 1.29 is 13.2 Å². The Bertz CT molecular complexity index is 370. The van der Waals surface area contributed by atoms with Crippen LogP contribution in [0.3, 0.4) is 0 Å². The second-order valence-electron chi connectivity index (χ2n) is 3.32. The molecular weight excluding hydrogens is 248 g/mol. The van der Waals surface area contributed by atoms with Gasteiger partial charge >= 0.3 is 6.18 Å². The zero-order valence-electron chi connectivity index (χ0n) is 8.04. The Kier molecular flexibility index (Phi) is 3.56. The van der Waals surface area contributed by atoms with Gasteiger partial charge in [0, 0.05) is 0 Å². The van der Waals surface area contributed by atoms with E-state index in [1.807, 2.05) is 0 Å². The van der Waals surface area contributed by atoms with E-state index in [1.165, 1.54) is 6.07 Å². The van der Waals surface area contributed by atoms with Crippen molar-refractivity contribution in [3.8, 4) is 0 Å². The Morgan fingerprint density at radius 1 is 1.13 bits per heavy atom. The van der Waals surface area contributed by atoms with Gasteiger partial charge in [0.15, 0.2) is 0 Å². The number of hydrogen-bond donors (Lipinski definition) is 0. The molecule has 0 bridgehead atoms. The molecule has 1 aromatic carbocycles. The quantitative estimate of drug-likeness (QED) is 0.665. The van der Waals surface area contributed by atoms with Crippen LogP contribution in [-0.2, 0) is 6.18 Å². The summed E-state index contributed by atoms with van der Waals surface area (Å²) in [5.74, 6) is 0.749. The number of halogens is 5. The highest BCUT2D eigenvalue weighted by Gasteiger charge is 2.34.